The van der Waals surface area contributed by atoms with E-state index >= 15 is 0 Å². The number of ether oxygens (including phenoxy) is 1. The number of fused-ring (bicyclic) bond motifs is 4. The summed E-state index contributed by atoms with van der Waals surface area (Å²) in [6, 6.07) is 17.5. The van der Waals surface area contributed by atoms with E-state index in [1.54, 1.807) is 6.07 Å². The molecular formula is C25H24O3. The van der Waals surface area contributed by atoms with Gasteiger partial charge in [-0.3, -0.25) is 4.79 Å². The SMILES string of the molecule is CC(C)(C)c1ccc2c3c(ccc2c1)OC(=O)c1ccccc1CCC(=O)C3. The van der Waals surface area contributed by atoms with Gasteiger partial charge in [0, 0.05) is 18.4 Å². The van der Waals surface area contributed by atoms with Crippen molar-refractivity contribution in [2.24, 2.45) is 0 Å². The van der Waals surface area contributed by atoms with Gasteiger partial charge in [-0.1, -0.05) is 63.2 Å². The molecule has 0 unspecified atom stereocenters. The zero-order valence-corrected chi connectivity index (χ0v) is 16.5. The number of hydrogen-bond donors (Lipinski definition) is 0. The highest BCUT2D eigenvalue weighted by molar-refractivity contribution is 5.97. The lowest BCUT2D eigenvalue weighted by Crippen LogP contribution is -2.17. The van der Waals surface area contributed by atoms with Crippen LogP contribution in [0.2, 0.25) is 0 Å². The summed E-state index contributed by atoms with van der Waals surface area (Å²) in [5.74, 6) is 0.268. The van der Waals surface area contributed by atoms with Crippen LogP contribution in [0.15, 0.2) is 54.6 Å². The van der Waals surface area contributed by atoms with Gasteiger partial charge in [-0.2, -0.15) is 0 Å². The number of ketones is 1. The van der Waals surface area contributed by atoms with Crippen molar-refractivity contribution in [3.8, 4) is 5.75 Å². The van der Waals surface area contributed by atoms with Gasteiger partial charge in [0.1, 0.15) is 11.5 Å². The summed E-state index contributed by atoms with van der Waals surface area (Å²) in [4.78, 5) is 25.5. The number of benzene rings is 3. The largest absolute Gasteiger partial charge is 0.423 e. The minimum absolute atomic E-state index is 0.0415. The molecule has 0 atom stereocenters. The first-order valence-electron chi connectivity index (χ1n) is 9.71. The smallest absolute Gasteiger partial charge is 0.343 e. The molecule has 28 heavy (non-hydrogen) atoms. The Morgan fingerprint density at radius 1 is 0.893 bits per heavy atom. The molecule has 0 aromatic heterocycles. The second-order valence-electron chi connectivity index (χ2n) is 8.49. The summed E-state index contributed by atoms with van der Waals surface area (Å²) >= 11 is 0. The molecule has 0 fully saturated rings. The molecule has 0 N–H and O–H groups in total. The maximum atomic E-state index is 12.8. The third-order valence-electron chi connectivity index (χ3n) is 5.44. The summed E-state index contributed by atoms with van der Waals surface area (Å²) in [7, 11) is 0. The summed E-state index contributed by atoms with van der Waals surface area (Å²) in [5, 5.41) is 2.04. The van der Waals surface area contributed by atoms with E-state index in [2.05, 4.69) is 39.0 Å². The highest BCUT2D eigenvalue weighted by Crippen LogP contribution is 2.33. The van der Waals surface area contributed by atoms with Crippen LogP contribution >= 0.6 is 0 Å². The third kappa shape index (κ3) is 3.45. The Morgan fingerprint density at radius 2 is 1.68 bits per heavy atom. The van der Waals surface area contributed by atoms with Crippen molar-refractivity contribution in [1.29, 1.82) is 0 Å². The van der Waals surface area contributed by atoms with Crippen molar-refractivity contribution >= 4 is 22.5 Å². The lowest BCUT2D eigenvalue weighted by molar-refractivity contribution is -0.118. The molecule has 0 radical (unpaired) electrons. The number of aryl methyl sites for hydroxylation is 1. The molecule has 0 spiro atoms. The van der Waals surface area contributed by atoms with Gasteiger partial charge < -0.3 is 4.74 Å². The molecule has 0 saturated heterocycles. The van der Waals surface area contributed by atoms with Crippen LogP contribution in [0.25, 0.3) is 10.8 Å². The van der Waals surface area contributed by atoms with Crippen LogP contribution < -0.4 is 4.74 Å². The van der Waals surface area contributed by atoms with Crippen LogP contribution in [0.3, 0.4) is 0 Å². The molecule has 1 aliphatic rings. The molecule has 1 heterocycles. The Morgan fingerprint density at radius 3 is 2.46 bits per heavy atom. The van der Waals surface area contributed by atoms with Gasteiger partial charge in [-0.05, 0) is 45.9 Å². The Labute approximate surface area is 165 Å². The number of esters is 1. The number of hydrogen-bond acceptors (Lipinski definition) is 3. The zero-order chi connectivity index (χ0) is 19.9. The van der Waals surface area contributed by atoms with Gasteiger partial charge in [0.15, 0.2) is 0 Å². The minimum Gasteiger partial charge on any atom is -0.423 e. The molecule has 4 rings (SSSR count). The predicted molar refractivity (Wildman–Crippen MR) is 111 cm³/mol. The highest BCUT2D eigenvalue weighted by atomic mass is 16.5. The summed E-state index contributed by atoms with van der Waals surface area (Å²) in [6.07, 6.45) is 1.25. The minimum atomic E-state index is -0.364. The average molecular weight is 372 g/mol. The van der Waals surface area contributed by atoms with Gasteiger partial charge in [0.25, 0.3) is 0 Å². The molecule has 3 heteroatoms. The second kappa shape index (κ2) is 6.90. The molecule has 0 bridgehead atoms. The molecule has 0 amide bonds. The van der Waals surface area contributed by atoms with Crippen LogP contribution in [-0.2, 0) is 23.1 Å². The van der Waals surface area contributed by atoms with Crippen LogP contribution in [-0.4, -0.2) is 11.8 Å². The van der Waals surface area contributed by atoms with Gasteiger partial charge in [0.05, 0.1) is 5.56 Å². The average Bonchev–Trinajstić information content (AvgIpc) is 2.66. The number of carbonyl (C=O) groups excluding carboxylic acids is 2. The van der Waals surface area contributed by atoms with E-state index in [0.717, 1.165) is 21.9 Å². The molecule has 142 valence electrons. The normalized spacial score (nSPS) is 15.0. The van der Waals surface area contributed by atoms with E-state index in [4.69, 9.17) is 4.74 Å². The van der Waals surface area contributed by atoms with Crippen molar-refractivity contribution in [2.45, 2.75) is 45.4 Å². The summed E-state index contributed by atoms with van der Waals surface area (Å²) in [6.45, 7) is 6.54. The second-order valence-corrected chi connectivity index (χ2v) is 8.49. The number of rotatable bonds is 0. The quantitative estimate of drug-likeness (QED) is 0.391. The fraction of sp³-hybridized carbons (Fsp3) is 0.280. The number of Topliss-reactive ketones (excluding diaryl/α,β-unsaturated/α-hetero) is 1. The molecule has 3 aromatic rings. The zero-order valence-electron chi connectivity index (χ0n) is 16.5. The first-order chi connectivity index (χ1) is 13.3. The third-order valence-corrected chi connectivity index (χ3v) is 5.44. The first-order valence-corrected chi connectivity index (χ1v) is 9.71. The van der Waals surface area contributed by atoms with Crippen molar-refractivity contribution in [2.75, 3.05) is 0 Å². The van der Waals surface area contributed by atoms with Gasteiger partial charge in [-0.25, -0.2) is 4.79 Å². The van der Waals surface area contributed by atoms with Gasteiger partial charge in [0.2, 0.25) is 0 Å². The summed E-state index contributed by atoms with van der Waals surface area (Å²) in [5.41, 5.74) is 3.47. The molecule has 0 aliphatic carbocycles. The topological polar surface area (TPSA) is 43.4 Å². The van der Waals surface area contributed by atoms with Gasteiger partial charge in [-0.15, -0.1) is 0 Å². The fourth-order valence-corrected chi connectivity index (χ4v) is 3.77. The lowest BCUT2D eigenvalue weighted by Gasteiger charge is -2.21. The lowest BCUT2D eigenvalue weighted by atomic mass is 9.85. The van der Waals surface area contributed by atoms with Crippen molar-refractivity contribution < 1.29 is 14.3 Å². The Bertz CT molecular complexity index is 1090. The van der Waals surface area contributed by atoms with Crippen LogP contribution in [0, 0.1) is 0 Å². The standard InChI is InChI=1S/C25H24O3/c1-25(2,3)18-10-12-20-17(14-18)9-13-23-22(20)15-19(26)11-8-16-6-4-5-7-21(16)24(27)28-23/h4-7,9-10,12-14H,8,11,15H2,1-3H3. The Kier molecular flexibility index (Phi) is 4.54. The van der Waals surface area contributed by atoms with E-state index < -0.39 is 0 Å². The molecule has 1 aliphatic heterocycles. The molecular weight excluding hydrogens is 348 g/mol. The van der Waals surface area contributed by atoms with Gasteiger partial charge >= 0.3 is 5.97 Å². The monoisotopic (exact) mass is 372 g/mol. The van der Waals surface area contributed by atoms with E-state index in [-0.39, 0.29) is 23.6 Å². The maximum Gasteiger partial charge on any atom is 0.343 e. The van der Waals surface area contributed by atoms with Crippen LogP contribution in [0.5, 0.6) is 5.75 Å². The molecule has 3 aromatic carbocycles. The van der Waals surface area contributed by atoms with E-state index in [0.29, 0.717) is 24.2 Å². The molecule has 3 nitrogen and oxygen atoms in total. The van der Waals surface area contributed by atoms with E-state index in [1.807, 2.05) is 30.3 Å². The Hall–Kier alpha value is -2.94. The Balaban J connectivity index is 1.85. The van der Waals surface area contributed by atoms with Crippen molar-refractivity contribution in [3.05, 3.63) is 76.9 Å². The van der Waals surface area contributed by atoms with E-state index in [1.165, 1.54) is 5.56 Å². The summed E-state index contributed by atoms with van der Waals surface area (Å²) < 4.78 is 5.76. The maximum absolute atomic E-state index is 12.8. The first kappa shape index (κ1) is 18.4. The van der Waals surface area contributed by atoms with Crippen LogP contribution in [0.1, 0.15) is 54.2 Å². The van der Waals surface area contributed by atoms with Crippen molar-refractivity contribution in [3.63, 3.8) is 0 Å². The fourth-order valence-electron chi connectivity index (χ4n) is 3.77. The number of carbonyl (C=O) groups is 2. The highest BCUT2D eigenvalue weighted by Gasteiger charge is 2.22. The van der Waals surface area contributed by atoms with E-state index in [9.17, 15) is 9.59 Å². The van der Waals surface area contributed by atoms with Crippen molar-refractivity contribution in [1.82, 2.24) is 0 Å². The molecule has 0 saturated carbocycles. The predicted octanol–water partition coefficient (Wildman–Crippen LogP) is 5.41. The van der Waals surface area contributed by atoms with Crippen LogP contribution in [0.4, 0.5) is 0 Å².